The second-order valence-corrected chi connectivity index (χ2v) is 6.44. The third-order valence-corrected chi connectivity index (χ3v) is 5.04. The Morgan fingerprint density at radius 2 is 1.86 bits per heavy atom. The maximum absolute atomic E-state index is 3.53. The van der Waals surface area contributed by atoms with Gasteiger partial charge in [0.2, 0.25) is 0 Å². The van der Waals surface area contributed by atoms with Crippen molar-refractivity contribution in [1.29, 1.82) is 0 Å². The average Bonchev–Trinajstić information content (AvgIpc) is 3.08. The first kappa shape index (κ1) is 14.9. The zero-order chi connectivity index (χ0) is 14.5. The predicted octanol–water partition coefficient (Wildman–Crippen LogP) is 2.73. The number of hydrogen-bond donors (Lipinski definition) is 1. The molecule has 2 fully saturated rings. The molecule has 1 unspecified atom stereocenters. The molecule has 0 saturated carbocycles. The lowest BCUT2D eigenvalue weighted by Crippen LogP contribution is -2.50. The van der Waals surface area contributed by atoms with Crippen LogP contribution in [0.2, 0.25) is 0 Å². The van der Waals surface area contributed by atoms with Gasteiger partial charge in [-0.05, 0) is 50.9 Å². The minimum Gasteiger partial charge on any atom is -0.371 e. The molecule has 0 aliphatic carbocycles. The number of piperidine rings is 1. The number of anilines is 1. The number of rotatable bonds is 5. The van der Waals surface area contributed by atoms with Gasteiger partial charge in [-0.3, -0.25) is 4.90 Å². The van der Waals surface area contributed by atoms with Gasteiger partial charge in [0.1, 0.15) is 0 Å². The molecular formula is C18H29N3. The fourth-order valence-electron chi connectivity index (χ4n) is 3.94. The minimum atomic E-state index is 0.776. The summed E-state index contributed by atoms with van der Waals surface area (Å²) >= 11 is 0. The highest BCUT2D eigenvalue weighted by molar-refractivity contribution is 5.46. The van der Waals surface area contributed by atoms with Gasteiger partial charge in [-0.1, -0.05) is 25.1 Å². The molecular weight excluding hydrogens is 258 g/mol. The molecule has 1 aromatic carbocycles. The van der Waals surface area contributed by atoms with E-state index in [2.05, 4.69) is 52.4 Å². The van der Waals surface area contributed by atoms with Gasteiger partial charge >= 0.3 is 0 Å². The summed E-state index contributed by atoms with van der Waals surface area (Å²) in [6.07, 6.45) is 5.23. The molecule has 0 radical (unpaired) electrons. The summed E-state index contributed by atoms with van der Waals surface area (Å²) in [7, 11) is 0. The van der Waals surface area contributed by atoms with E-state index in [1.54, 1.807) is 0 Å². The van der Waals surface area contributed by atoms with Crippen LogP contribution in [0.5, 0.6) is 0 Å². The van der Waals surface area contributed by atoms with Crippen LogP contribution in [-0.2, 0) is 0 Å². The van der Waals surface area contributed by atoms with Gasteiger partial charge in [-0.25, -0.2) is 0 Å². The number of benzene rings is 1. The summed E-state index contributed by atoms with van der Waals surface area (Å²) in [5.41, 5.74) is 1.39. The molecule has 1 aromatic rings. The molecule has 116 valence electrons. The lowest BCUT2D eigenvalue weighted by Gasteiger charge is -2.42. The lowest BCUT2D eigenvalue weighted by molar-refractivity contribution is 0.122. The van der Waals surface area contributed by atoms with Crippen molar-refractivity contribution >= 4 is 5.69 Å². The monoisotopic (exact) mass is 287 g/mol. The van der Waals surface area contributed by atoms with Crippen LogP contribution in [0.25, 0.3) is 0 Å². The topological polar surface area (TPSA) is 18.5 Å². The molecule has 2 aliphatic heterocycles. The van der Waals surface area contributed by atoms with Gasteiger partial charge in [-0.15, -0.1) is 0 Å². The molecule has 3 rings (SSSR count). The quantitative estimate of drug-likeness (QED) is 0.898. The molecule has 1 N–H and O–H groups in total. The van der Waals surface area contributed by atoms with Crippen LogP contribution >= 0.6 is 0 Å². The molecule has 2 heterocycles. The van der Waals surface area contributed by atoms with E-state index in [0.29, 0.717) is 0 Å². The van der Waals surface area contributed by atoms with Crippen molar-refractivity contribution in [2.75, 3.05) is 37.6 Å². The number of nitrogens with one attached hydrogen (secondary N) is 1. The molecule has 21 heavy (non-hydrogen) atoms. The van der Waals surface area contributed by atoms with Gasteiger partial charge < -0.3 is 10.2 Å². The SMILES string of the molecule is CCCN(C1CCN(c2ccccc2)CC1)C1CCNC1. The molecule has 2 aliphatic rings. The minimum absolute atomic E-state index is 0.776. The van der Waals surface area contributed by atoms with Crippen molar-refractivity contribution in [2.45, 2.75) is 44.7 Å². The predicted molar refractivity (Wildman–Crippen MR) is 89.9 cm³/mol. The molecule has 2 saturated heterocycles. The highest BCUT2D eigenvalue weighted by atomic mass is 15.2. The van der Waals surface area contributed by atoms with Crippen molar-refractivity contribution < 1.29 is 0 Å². The van der Waals surface area contributed by atoms with Crippen LogP contribution in [0, 0.1) is 0 Å². The molecule has 0 aromatic heterocycles. The summed E-state index contributed by atoms with van der Waals surface area (Å²) < 4.78 is 0. The van der Waals surface area contributed by atoms with E-state index in [9.17, 15) is 0 Å². The molecule has 3 nitrogen and oxygen atoms in total. The third-order valence-electron chi connectivity index (χ3n) is 5.04. The van der Waals surface area contributed by atoms with Crippen LogP contribution in [0.1, 0.15) is 32.6 Å². The van der Waals surface area contributed by atoms with Crippen LogP contribution in [-0.4, -0.2) is 49.7 Å². The Labute approximate surface area is 129 Å². The normalized spacial score (nSPS) is 23.9. The van der Waals surface area contributed by atoms with Crippen LogP contribution in [0.4, 0.5) is 5.69 Å². The highest BCUT2D eigenvalue weighted by Gasteiger charge is 2.30. The second kappa shape index (κ2) is 7.28. The average molecular weight is 287 g/mol. The highest BCUT2D eigenvalue weighted by Crippen LogP contribution is 2.25. The zero-order valence-corrected chi connectivity index (χ0v) is 13.3. The van der Waals surface area contributed by atoms with Crippen LogP contribution in [0.15, 0.2) is 30.3 Å². The maximum atomic E-state index is 3.53. The Morgan fingerprint density at radius 3 is 2.48 bits per heavy atom. The standard InChI is InChI=1S/C18H29N3/c1-2-12-21(18-8-11-19-15-18)17-9-13-20(14-10-17)16-6-4-3-5-7-16/h3-7,17-19H,2,8-15H2,1H3. The zero-order valence-electron chi connectivity index (χ0n) is 13.3. The van der Waals surface area contributed by atoms with Crippen molar-refractivity contribution in [3.8, 4) is 0 Å². The number of nitrogens with zero attached hydrogens (tertiary/aromatic N) is 2. The van der Waals surface area contributed by atoms with Crippen LogP contribution in [0.3, 0.4) is 0 Å². The van der Waals surface area contributed by atoms with E-state index < -0.39 is 0 Å². The number of para-hydroxylation sites is 1. The Hall–Kier alpha value is -1.06. The molecule has 0 amide bonds. The molecule has 3 heteroatoms. The first-order chi connectivity index (χ1) is 10.4. The Kier molecular flexibility index (Phi) is 5.15. The summed E-state index contributed by atoms with van der Waals surface area (Å²) in [6, 6.07) is 12.4. The van der Waals surface area contributed by atoms with E-state index in [4.69, 9.17) is 0 Å². The summed E-state index contributed by atoms with van der Waals surface area (Å²) in [5, 5.41) is 3.53. The van der Waals surface area contributed by atoms with Gasteiger partial charge in [0.05, 0.1) is 0 Å². The molecule has 0 bridgehead atoms. The largest absolute Gasteiger partial charge is 0.371 e. The fraction of sp³-hybridized carbons (Fsp3) is 0.667. The van der Waals surface area contributed by atoms with E-state index in [1.807, 2.05) is 0 Å². The van der Waals surface area contributed by atoms with Crippen LogP contribution < -0.4 is 10.2 Å². The van der Waals surface area contributed by atoms with E-state index in [0.717, 1.165) is 12.1 Å². The van der Waals surface area contributed by atoms with Crippen molar-refractivity contribution in [2.24, 2.45) is 0 Å². The van der Waals surface area contributed by atoms with Crippen molar-refractivity contribution in [3.63, 3.8) is 0 Å². The van der Waals surface area contributed by atoms with Gasteiger partial charge in [0.15, 0.2) is 0 Å². The number of hydrogen-bond acceptors (Lipinski definition) is 3. The van der Waals surface area contributed by atoms with Gasteiger partial charge in [0.25, 0.3) is 0 Å². The Balaban J connectivity index is 1.58. The second-order valence-electron chi connectivity index (χ2n) is 6.44. The summed E-state index contributed by atoms with van der Waals surface area (Å²) in [6.45, 7) is 8.38. The van der Waals surface area contributed by atoms with Crippen molar-refractivity contribution in [1.82, 2.24) is 10.2 Å². The van der Waals surface area contributed by atoms with Gasteiger partial charge in [0, 0.05) is 37.4 Å². The van der Waals surface area contributed by atoms with Crippen molar-refractivity contribution in [3.05, 3.63) is 30.3 Å². The van der Waals surface area contributed by atoms with E-state index >= 15 is 0 Å². The molecule has 0 spiro atoms. The Bertz CT molecular complexity index is 406. The van der Waals surface area contributed by atoms with E-state index in [-0.39, 0.29) is 0 Å². The van der Waals surface area contributed by atoms with E-state index in [1.165, 1.54) is 64.1 Å². The fourth-order valence-corrected chi connectivity index (χ4v) is 3.94. The Morgan fingerprint density at radius 1 is 1.10 bits per heavy atom. The molecule has 1 atom stereocenters. The lowest BCUT2D eigenvalue weighted by atomic mass is 9.99. The smallest absolute Gasteiger partial charge is 0.0366 e. The first-order valence-corrected chi connectivity index (χ1v) is 8.65. The summed E-state index contributed by atoms with van der Waals surface area (Å²) in [4.78, 5) is 5.36. The maximum Gasteiger partial charge on any atom is 0.0366 e. The third kappa shape index (κ3) is 3.58. The van der Waals surface area contributed by atoms with Gasteiger partial charge in [-0.2, -0.15) is 0 Å². The first-order valence-electron chi connectivity index (χ1n) is 8.65. The summed E-state index contributed by atoms with van der Waals surface area (Å²) in [5.74, 6) is 0.